The second-order valence-corrected chi connectivity index (χ2v) is 7.18. The van der Waals surface area contributed by atoms with Crippen molar-refractivity contribution >= 4 is 16.7 Å². The molecular weight excluding hydrogens is 262 g/mol. The minimum Gasteiger partial charge on any atom is -0.340 e. The molecule has 0 aromatic carbocycles. The van der Waals surface area contributed by atoms with Crippen molar-refractivity contribution in [2.75, 3.05) is 13.1 Å². The van der Waals surface area contributed by atoms with Crippen LogP contribution >= 0.6 is 0 Å². The first kappa shape index (κ1) is 14.2. The van der Waals surface area contributed by atoms with Crippen molar-refractivity contribution in [3.63, 3.8) is 0 Å². The van der Waals surface area contributed by atoms with E-state index in [4.69, 9.17) is 0 Å². The number of nitrogens with zero attached hydrogens (tertiary/aromatic N) is 2. The maximum Gasteiger partial charge on any atom is 0.223 e. The van der Waals surface area contributed by atoms with Crippen LogP contribution in [-0.2, 0) is 22.0 Å². The Balaban J connectivity index is 1.90. The van der Waals surface area contributed by atoms with Crippen LogP contribution < -0.4 is 0 Å². The highest BCUT2D eigenvalue weighted by Gasteiger charge is 2.32. The summed E-state index contributed by atoms with van der Waals surface area (Å²) in [6.07, 6.45) is 3.72. The second-order valence-electron chi connectivity index (χ2n) is 5.05. The van der Waals surface area contributed by atoms with Gasteiger partial charge in [0.25, 0.3) is 0 Å². The molecule has 0 bridgehead atoms. The fraction of sp³-hybridized carbons (Fsp3) is 0.692. The maximum atomic E-state index is 12.2. The first-order chi connectivity index (χ1) is 9.11. The van der Waals surface area contributed by atoms with E-state index in [2.05, 4.69) is 10.2 Å². The lowest BCUT2D eigenvalue weighted by molar-refractivity contribution is -0.131. The molecule has 1 saturated heterocycles. The molecule has 0 saturated carbocycles. The molecule has 5 nitrogen and oxygen atoms in total. The van der Waals surface area contributed by atoms with Gasteiger partial charge in [0.1, 0.15) is 0 Å². The minimum absolute atomic E-state index is 0.0785. The Hall–Kier alpha value is -1.17. The molecule has 106 valence electrons. The number of carbonyl (C=O) groups excluding carboxylic acids is 1. The van der Waals surface area contributed by atoms with E-state index >= 15 is 0 Å². The lowest BCUT2D eigenvalue weighted by atomic mass is 10.2. The number of hydrogen-bond donors (Lipinski definition) is 1. The van der Waals surface area contributed by atoms with Gasteiger partial charge in [-0.3, -0.25) is 14.1 Å². The summed E-state index contributed by atoms with van der Waals surface area (Å²) < 4.78 is 12.0. The predicted molar refractivity (Wildman–Crippen MR) is 75.2 cm³/mol. The standard InChI is InChI=1S/C13H21N3O2S/c1-3-12-9-16(8-10(2)19(12)18)13(17)5-4-11-6-7-14-15-11/h6-7,10,12H,3-5,8-9H2,1-2H3,(H,14,15). The zero-order valence-corrected chi connectivity index (χ0v) is 12.3. The molecule has 1 aliphatic rings. The highest BCUT2D eigenvalue weighted by molar-refractivity contribution is 7.86. The molecule has 2 rings (SSSR count). The third-order valence-corrected chi connectivity index (χ3v) is 5.68. The lowest BCUT2D eigenvalue weighted by Gasteiger charge is -2.35. The number of aromatic amines is 1. The molecule has 1 aromatic heterocycles. The van der Waals surface area contributed by atoms with Gasteiger partial charge in [-0.2, -0.15) is 5.10 Å². The molecule has 0 aliphatic carbocycles. The zero-order chi connectivity index (χ0) is 13.8. The number of nitrogens with one attached hydrogen (secondary N) is 1. The molecule has 0 radical (unpaired) electrons. The fourth-order valence-electron chi connectivity index (χ4n) is 2.43. The Bertz CT molecular complexity index is 447. The molecule has 3 atom stereocenters. The van der Waals surface area contributed by atoms with Crippen molar-refractivity contribution in [3.05, 3.63) is 18.0 Å². The largest absolute Gasteiger partial charge is 0.340 e. The molecule has 3 unspecified atom stereocenters. The summed E-state index contributed by atoms with van der Waals surface area (Å²) in [5.74, 6) is 0.150. The summed E-state index contributed by atoms with van der Waals surface area (Å²) in [6.45, 7) is 5.25. The Morgan fingerprint density at radius 2 is 2.37 bits per heavy atom. The van der Waals surface area contributed by atoms with E-state index < -0.39 is 10.8 Å². The average molecular weight is 283 g/mol. The van der Waals surface area contributed by atoms with E-state index in [9.17, 15) is 9.00 Å². The Labute approximate surface area is 116 Å². The quantitative estimate of drug-likeness (QED) is 0.900. The van der Waals surface area contributed by atoms with Crippen LogP contribution in [0.1, 0.15) is 32.4 Å². The Morgan fingerprint density at radius 3 is 3.00 bits per heavy atom. The van der Waals surface area contributed by atoms with Crippen LogP contribution in [0.2, 0.25) is 0 Å². The van der Waals surface area contributed by atoms with E-state index in [1.807, 2.05) is 24.8 Å². The fourth-order valence-corrected chi connectivity index (χ4v) is 4.07. The van der Waals surface area contributed by atoms with Crippen LogP contribution in [0, 0.1) is 0 Å². The Kier molecular flexibility index (Phi) is 4.74. The molecule has 0 spiro atoms. The smallest absolute Gasteiger partial charge is 0.223 e. The van der Waals surface area contributed by atoms with Crippen LogP contribution in [0.3, 0.4) is 0 Å². The number of aromatic nitrogens is 2. The van der Waals surface area contributed by atoms with Crippen LogP contribution in [0.15, 0.2) is 12.3 Å². The first-order valence-electron chi connectivity index (χ1n) is 6.77. The minimum atomic E-state index is -0.804. The van der Waals surface area contributed by atoms with Gasteiger partial charge < -0.3 is 4.90 Å². The van der Waals surface area contributed by atoms with Crippen molar-refractivity contribution in [1.29, 1.82) is 0 Å². The van der Waals surface area contributed by atoms with E-state index in [1.54, 1.807) is 6.20 Å². The molecule has 2 heterocycles. The summed E-state index contributed by atoms with van der Waals surface area (Å²) in [6, 6.07) is 1.88. The van der Waals surface area contributed by atoms with Crippen molar-refractivity contribution in [2.45, 2.75) is 43.6 Å². The highest BCUT2D eigenvalue weighted by Crippen LogP contribution is 2.18. The number of carbonyl (C=O) groups is 1. The number of aryl methyl sites for hydroxylation is 1. The SMILES string of the molecule is CCC1CN(C(=O)CCc2ccn[nH]2)CC(C)S1=O. The van der Waals surface area contributed by atoms with Crippen LogP contribution in [-0.4, -0.2) is 48.8 Å². The topological polar surface area (TPSA) is 66.1 Å². The first-order valence-corrected chi connectivity index (χ1v) is 8.04. The molecule has 1 fully saturated rings. The van der Waals surface area contributed by atoms with Crippen molar-refractivity contribution in [3.8, 4) is 0 Å². The molecule has 1 aromatic rings. The molecule has 1 N–H and O–H groups in total. The number of H-pyrrole nitrogens is 1. The van der Waals surface area contributed by atoms with E-state index in [0.717, 1.165) is 12.1 Å². The molecular formula is C13H21N3O2S. The Morgan fingerprint density at radius 1 is 1.58 bits per heavy atom. The number of amides is 1. The van der Waals surface area contributed by atoms with E-state index in [0.29, 0.717) is 25.9 Å². The van der Waals surface area contributed by atoms with Gasteiger partial charge >= 0.3 is 0 Å². The zero-order valence-electron chi connectivity index (χ0n) is 11.5. The molecule has 1 aliphatic heterocycles. The van der Waals surface area contributed by atoms with Gasteiger partial charge in [0.2, 0.25) is 5.91 Å². The van der Waals surface area contributed by atoms with Crippen LogP contribution in [0.25, 0.3) is 0 Å². The number of rotatable bonds is 4. The van der Waals surface area contributed by atoms with Gasteiger partial charge in [0, 0.05) is 47.5 Å². The van der Waals surface area contributed by atoms with Gasteiger partial charge in [0.05, 0.1) is 5.25 Å². The van der Waals surface area contributed by atoms with E-state index in [-0.39, 0.29) is 16.4 Å². The predicted octanol–water partition coefficient (Wildman–Crippen LogP) is 1.10. The van der Waals surface area contributed by atoms with Gasteiger partial charge in [-0.05, 0) is 25.8 Å². The average Bonchev–Trinajstić information content (AvgIpc) is 2.92. The summed E-state index contributed by atoms with van der Waals surface area (Å²) in [7, 11) is -0.804. The lowest BCUT2D eigenvalue weighted by Crippen LogP contribution is -2.50. The van der Waals surface area contributed by atoms with Crippen LogP contribution in [0.5, 0.6) is 0 Å². The number of hydrogen-bond acceptors (Lipinski definition) is 3. The van der Waals surface area contributed by atoms with Crippen molar-refractivity contribution in [1.82, 2.24) is 15.1 Å². The normalized spacial score (nSPS) is 27.5. The molecule has 1 amide bonds. The van der Waals surface area contributed by atoms with Gasteiger partial charge in [-0.1, -0.05) is 6.92 Å². The summed E-state index contributed by atoms with van der Waals surface area (Å²) >= 11 is 0. The molecule has 19 heavy (non-hydrogen) atoms. The summed E-state index contributed by atoms with van der Waals surface area (Å²) in [4.78, 5) is 14.1. The van der Waals surface area contributed by atoms with Gasteiger partial charge in [0.15, 0.2) is 0 Å². The second kappa shape index (κ2) is 6.32. The third-order valence-electron chi connectivity index (χ3n) is 3.60. The van der Waals surface area contributed by atoms with Crippen molar-refractivity contribution < 1.29 is 9.00 Å². The monoisotopic (exact) mass is 283 g/mol. The van der Waals surface area contributed by atoms with Crippen LogP contribution in [0.4, 0.5) is 0 Å². The highest BCUT2D eigenvalue weighted by atomic mass is 32.2. The summed E-state index contributed by atoms with van der Waals surface area (Å²) in [5, 5.41) is 6.94. The van der Waals surface area contributed by atoms with Gasteiger partial charge in [-0.15, -0.1) is 0 Å². The van der Waals surface area contributed by atoms with Gasteiger partial charge in [-0.25, -0.2) is 0 Å². The van der Waals surface area contributed by atoms with Crippen molar-refractivity contribution in [2.24, 2.45) is 0 Å². The van der Waals surface area contributed by atoms with E-state index in [1.165, 1.54) is 0 Å². The third kappa shape index (κ3) is 3.43. The summed E-state index contributed by atoms with van der Waals surface area (Å²) in [5.41, 5.74) is 0.981. The molecule has 6 heteroatoms. The maximum absolute atomic E-state index is 12.2.